The van der Waals surface area contributed by atoms with Gasteiger partial charge in [-0.15, -0.1) is 0 Å². The summed E-state index contributed by atoms with van der Waals surface area (Å²) in [6, 6.07) is 0. The Morgan fingerprint density at radius 2 is 2.00 bits per heavy atom. The van der Waals surface area contributed by atoms with Crippen LogP contribution in [0.1, 0.15) is 20.3 Å². The molecule has 1 N–H and O–H groups in total. The Bertz CT molecular complexity index is 410. The van der Waals surface area contributed by atoms with Gasteiger partial charge in [0.2, 0.25) is 10.0 Å². The second-order valence-corrected chi connectivity index (χ2v) is 8.59. The maximum absolute atomic E-state index is 11.6. The van der Waals surface area contributed by atoms with Gasteiger partial charge >= 0.3 is 0 Å². The number of sulfonamides is 1. The first-order valence-electron chi connectivity index (χ1n) is 4.92. The molecule has 1 saturated heterocycles. The van der Waals surface area contributed by atoms with Gasteiger partial charge in [0.25, 0.3) is 0 Å². The van der Waals surface area contributed by atoms with E-state index in [1.54, 1.807) is 0 Å². The van der Waals surface area contributed by atoms with E-state index >= 15 is 0 Å². The summed E-state index contributed by atoms with van der Waals surface area (Å²) in [7, 11) is -6.59. The summed E-state index contributed by atoms with van der Waals surface area (Å²) in [6.07, 6.45) is 0.218. The number of rotatable bonds is 4. The van der Waals surface area contributed by atoms with Crippen LogP contribution in [0.2, 0.25) is 0 Å². The molecule has 5 nitrogen and oxygen atoms in total. The van der Waals surface area contributed by atoms with Gasteiger partial charge in [0.15, 0.2) is 9.84 Å². The monoisotopic (exact) mass is 255 g/mol. The smallest absolute Gasteiger partial charge is 0.215 e. The van der Waals surface area contributed by atoms with E-state index in [-0.39, 0.29) is 23.8 Å². The highest BCUT2D eigenvalue weighted by atomic mass is 32.2. The molecule has 0 aliphatic carbocycles. The molecule has 1 fully saturated rings. The van der Waals surface area contributed by atoms with E-state index in [1.165, 1.54) is 0 Å². The van der Waals surface area contributed by atoms with Crippen LogP contribution >= 0.6 is 0 Å². The lowest BCUT2D eigenvalue weighted by atomic mass is 10.2. The molecule has 90 valence electrons. The average Bonchev–Trinajstić information content (AvgIpc) is 2.43. The molecule has 1 heterocycles. The highest BCUT2D eigenvalue weighted by Crippen LogP contribution is 2.18. The van der Waals surface area contributed by atoms with Gasteiger partial charge in [0, 0.05) is 6.54 Å². The first kappa shape index (κ1) is 12.9. The third-order valence-corrected chi connectivity index (χ3v) is 6.15. The van der Waals surface area contributed by atoms with Crippen LogP contribution in [0, 0.1) is 5.92 Å². The van der Waals surface area contributed by atoms with Crippen molar-refractivity contribution in [3.05, 3.63) is 0 Å². The van der Waals surface area contributed by atoms with Gasteiger partial charge in [-0.05, 0) is 12.3 Å². The first-order chi connectivity index (χ1) is 6.73. The minimum Gasteiger partial charge on any atom is -0.229 e. The topological polar surface area (TPSA) is 80.3 Å². The van der Waals surface area contributed by atoms with Crippen molar-refractivity contribution in [1.29, 1.82) is 0 Å². The summed E-state index contributed by atoms with van der Waals surface area (Å²) in [5, 5.41) is -0.763. The largest absolute Gasteiger partial charge is 0.229 e. The third kappa shape index (κ3) is 3.73. The van der Waals surface area contributed by atoms with Crippen molar-refractivity contribution in [1.82, 2.24) is 4.72 Å². The Morgan fingerprint density at radius 1 is 1.40 bits per heavy atom. The fraction of sp³-hybridized carbons (Fsp3) is 1.00. The summed E-state index contributed by atoms with van der Waals surface area (Å²) < 4.78 is 48.0. The number of hydrogen-bond donors (Lipinski definition) is 1. The normalized spacial score (nSPS) is 25.9. The predicted molar refractivity (Wildman–Crippen MR) is 58.8 cm³/mol. The zero-order chi connectivity index (χ0) is 11.7. The minimum absolute atomic E-state index is 0.0136. The lowest BCUT2D eigenvalue weighted by Gasteiger charge is -2.12. The Hall–Kier alpha value is -0.140. The van der Waals surface area contributed by atoms with Crippen molar-refractivity contribution < 1.29 is 16.8 Å². The number of nitrogens with one attached hydrogen (secondary N) is 1. The van der Waals surface area contributed by atoms with E-state index in [1.807, 2.05) is 13.8 Å². The Morgan fingerprint density at radius 3 is 2.40 bits per heavy atom. The van der Waals surface area contributed by atoms with Crippen LogP contribution in [0.4, 0.5) is 0 Å². The average molecular weight is 255 g/mol. The fourth-order valence-corrected chi connectivity index (χ4v) is 5.67. The molecule has 0 radical (unpaired) electrons. The Kier molecular flexibility index (Phi) is 3.78. The second-order valence-electron chi connectivity index (χ2n) is 4.31. The molecular weight excluding hydrogens is 238 g/mol. The summed E-state index contributed by atoms with van der Waals surface area (Å²) in [4.78, 5) is 0. The van der Waals surface area contributed by atoms with Gasteiger partial charge in [0.05, 0.1) is 16.8 Å². The van der Waals surface area contributed by atoms with Crippen LogP contribution < -0.4 is 4.72 Å². The highest BCUT2D eigenvalue weighted by molar-refractivity contribution is 7.95. The van der Waals surface area contributed by atoms with Crippen LogP contribution in [0.15, 0.2) is 0 Å². The van der Waals surface area contributed by atoms with E-state index in [2.05, 4.69) is 4.72 Å². The van der Waals surface area contributed by atoms with Gasteiger partial charge in [-0.3, -0.25) is 0 Å². The molecule has 7 heteroatoms. The molecule has 0 unspecified atom stereocenters. The molecule has 0 aromatic rings. The molecule has 1 aliphatic heterocycles. The van der Waals surface area contributed by atoms with Gasteiger partial charge in [-0.25, -0.2) is 21.6 Å². The highest BCUT2D eigenvalue weighted by Gasteiger charge is 2.36. The molecule has 15 heavy (non-hydrogen) atoms. The van der Waals surface area contributed by atoms with Crippen molar-refractivity contribution in [3.63, 3.8) is 0 Å². The Labute approximate surface area is 91.2 Å². The van der Waals surface area contributed by atoms with Crippen molar-refractivity contribution >= 4 is 19.9 Å². The Balaban J connectivity index is 2.64. The molecule has 1 atom stereocenters. The zero-order valence-corrected chi connectivity index (χ0v) is 10.6. The molecule has 0 amide bonds. The maximum Gasteiger partial charge on any atom is 0.215 e. The van der Waals surface area contributed by atoms with Crippen molar-refractivity contribution in [2.45, 2.75) is 25.5 Å². The molecule has 0 aromatic carbocycles. The third-order valence-electron chi connectivity index (χ3n) is 2.32. The van der Waals surface area contributed by atoms with E-state index in [9.17, 15) is 16.8 Å². The number of hydrogen-bond acceptors (Lipinski definition) is 4. The molecule has 0 spiro atoms. The van der Waals surface area contributed by atoms with Crippen molar-refractivity contribution in [3.8, 4) is 0 Å². The van der Waals surface area contributed by atoms with E-state index in [4.69, 9.17) is 0 Å². The summed E-state index contributed by atoms with van der Waals surface area (Å²) in [5.41, 5.74) is 0. The van der Waals surface area contributed by atoms with E-state index in [0.29, 0.717) is 6.54 Å². The van der Waals surface area contributed by atoms with Gasteiger partial charge < -0.3 is 0 Å². The van der Waals surface area contributed by atoms with Gasteiger partial charge in [-0.1, -0.05) is 13.8 Å². The molecule has 0 saturated carbocycles. The SMILES string of the molecule is CC(C)CNS(=O)(=O)[C@H]1CCS(=O)(=O)C1. The van der Waals surface area contributed by atoms with Gasteiger partial charge in [0.1, 0.15) is 0 Å². The minimum atomic E-state index is -3.46. The second kappa shape index (κ2) is 4.39. The van der Waals surface area contributed by atoms with Crippen molar-refractivity contribution in [2.24, 2.45) is 5.92 Å². The van der Waals surface area contributed by atoms with Crippen LogP contribution in [0.25, 0.3) is 0 Å². The van der Waals surface area contributed by atoms with Crippen LogP contribution in [-0.4, -0.2) is 40.1 Å². The maximum atomic E-state index is 11.6. The number of sulfone groups is 1. The fourth-order valence-electron chi connectivity index (χ4n) is 1.41. The lowest BCUT2D eigenvalue weighted by Crippen LogP contribution is -2.37. The summed E-state index contributed by atoms with van der Waals surface area (Å²) >= 11 is 0. The predicted octanol–water partition coefficient (Wildman–Crippen LogP) is -0.251. The summed E-state index contributed by atoms with van der Waals surface area (Å²) in [6.45, 7) is 4.15. The molecular formula is C8H17NO4S2. The lowest BCUT2D eigenvalue weighted by molar-refractivity contribution is 0.549. The van der Waals surface area contributed by atoms with Gasteiger partial charge in [-0.2, -0.15) is 0 Å². The quantitative estimate of drug-likeness (QED) is 0.751. The molecule has 0 bridgehead atoms. The van der Waals surface area contributed by atoms with Crippen LogP contribution in [0.3, 0.4) is 0 Å². The molecule has 0 aromatic heterocycles. The molecule has 1 aliphatic rings. The van der Waals surface area contributed by atoms with E-state index < -0.39 is 25.1 Å². The van der Waals surface area contributed by atoms with Crippen LogP contribution in [-0.2, 0) is 19.9 Å². The van der Waals surface area contributed by atoms with E-state index in [0.717, 1.165) is 0 Å². The standard InChI is InChI=1S/C8H17NO4S2/c1-7(2)5-9-15(12,13)8-3-4-14(10,11)6-8/h7-9H,3-6H2,1-2H3/t8-/m0/s1. The first-order valence-corrected chi connectivity index (χ1v) is 8.28. The zero-order valence-electron chi connectivity index (χ0n) is 8.93. The summed E-state index contributed by atoms with van der Waals surface area (Å²) in [5.74, 6) is -0.0292. The van der Waals surface area contributed by atoms with Crippen molar-refractivity contribution in [2.75, 3.05) is 18.1 Å². The molecule has 1 rings (SSSR count). The van der Waals surface area contributed by atoms with Crippen LogP contribution in [0.5, 0.6) is 0 Å².